The van der Waals surface area contributed by atoms with Gasteiger partial charge in [-0.05, 0) is 31.2 Å². The molecule has 6 nitrogen and oxygen atoms in total. The molecule has 21 heavy (non-hydrogen) atoms. The van der Waals surface area contributed by atoms with Gasteiger partial charge in [-0.2, -0.15) is 0 Å². The number of hydrogen-bond acceptors (Lipinski definition) is 6. The van der Waals surface area contributed by atoms with Crippen molar-refractivity contribution < 1.29 is 0 Å². The molecule has 2 aromatic rings. The van der Waals surface area contributed by atoms with Gasteiger partial charge >= 0.3 is 0 Å². The fraction of sp³-hybridized carbons (Fsp3) is 0.467. The first-order chi connectivity index (χ1) is 10.4. The van der Waals surface area contributed by atoms with Crippen molar-refractivity contribution in [3.63, 3.8) is 0 Å². The highest BCUT2D eigenvalue weighted by Crippen LogP contribution is 2.24. The van der Waals surface area contributed by atoms with E-state index in [0.29, 0.717) is 5.92 Å². The van der Waals surface area contributed by atoms with Gasteiger partial charge in [-0.1, -0.05) is 0 Å². The van der Waals surface area contributed by atoms with Crippen molar-refractivity contribution in [1.82, 2.24) is 19.9 Å². The smallest absolute Gasteiger partial charge is 0.225 e. The van der Waals surface area contributed by atoms with E-state index in [0.717, 1.165) is 43.4 Å². The second-order valence-electron chi connectivity index (χ2n) is 5.31. The van der Waals surface area contributed by atoms with Gasteiger partial charge in [0.05, 0.1) is 5.69 Å². The first-order valence-electron chi connectivity index (χ1n) is 7.36. The SMILES string of the molecule is CNc1nccnc1C[C@H]1CCCN(c2ncccn2)C1. The van der Waals surface area contributed by atoms with Gasteiger partial charge in [-0.3, -0.25) is 4.98 Å². The third-order valence-corrected chi connectivity index (χ3v) is 3.85. The summed E-state index contributed by atoms with van der Waals surface area (Å²) in [5.74, 6) is 2.27. The van der Waals surface area contributed by atoms with Gasteiger partial charge in [0.2, 0.25) is 5.95 Å². The van der Waals surface area contributed by atoms with Gasteiger partial charge in [0.1, 0.15) is 5.82 Å². The maximum Gasteiger partial charge on any atom is 0.225 e. The molecule has 0 bridgehead atoms. The summed E-state index contributed by atoms with van der Waals surface area (Å²) in [4.78, 5) is 19.8. The van der Waals surface area contributed by atoms with Gasteiger partial charge in [0, 0.05) is 44.9 Å². The molecule has 1 aliphatic rings. The van der Waals surface area contributed by atoms with Crippen LogP contribution < -0.4 is 10.2 Å². The molecule has 3 heterocycles. The van der Waals surface area contributed by atoms with Gasteiger partial charge in [-0.25, -0.2) is 15.0 Å². The number of piperidine rings is 1. The van der Waals surface area contributed by atoms with Crippen molar-refractivity contribution >= 4 is 11.8 Å². The minimum absolute atomic E-state index is 0.561. The molecule has 0 unspecified atom stereocenters. The van der Waals surface area contributed by atoms with Crippen LogP contribution in [0.3, 0.4) is 0 Å². The summed E-state index contributed by atoms with van der Waals surface area (Å²) < 4.78 is 0. The van der Waals surface area contributed by atoms with Crippen LogP contribution >= 0.6 is 0 Å². The fourth-order valence-corrected chi connectivity index (χ4v) is 2.87. The Kier molecular flexibility index (Phi) is 4.23. The van der Waals surface area contributed by atoms with E-state index >= 15 is 0 Å². The number of anilines is 2. The number of nitrogens with zero attached hydrogens (tertiary/aromatic N) is 5. The molecule has 0 spiro atoms. The third kappa shape index (κ3) is 3.26. The van der Waals surface area contributed by atoms with E-state index in [4.69, 9.17) is 0 Å². The van der Waals surface area contributed by atoms with Crippen LogP contribution in [0.25, 0.3) is 0 Å². The highest BCUT2D eigenvalue weighted by atomic mass is 15.2. The van der Waals surface area contributed by atoms with Crippen molar-refractivity contribution in [2.45, 2.75) is 19.3 Å². The van der Waals surface area contributed by atoms with Crippen molar-refractivity contribution in [3.8, 4) is 0 Å². The van der Waals surface area contributed by atoms with Crippen LogP contribution in [0, 0.1) is 5.92 Å². The average molecular weight is 284 g/mol. The van der Waals surface area contributed by atoms with Gasteiger partial charge in [0.25, 0.3) is 0 Å². The lowest BCUT2D eigenvalue weighted by Gasteiger charge is -2.32. The van der Waals surface area contributed by atoms with Crippen LogP contribution in [0.15, 0.2) is 30.9 Å². The molecule has 0 saturated carbocycles. The van der Waals surface area contributed by atoms with Crippen molar-refractivity contribution in [2.24, 2.45) is 5.92 Å². The molecule has 3 rings (SSSR count). The second-order valence-corrected chi connectivity index (χ2v) is 5.31. The van der Waals surface area contributed by atoms with E-state index in [9.17, 15) is 0 Å². The normalized spacial score (nSPS) is 18.5. The molecule has 6 heteroatoms. The highest BCUT2D eigenvalue weighted by molar-refractivity contribution is 5.39. The topological polar surface area (TPSA) is 66.8 Å². The van der Waals surface area contributed by atoms with Crippen molar-refractivity contribution in [1.29, 1.82) is 0 Å². The number of hydrogen-bond donors (Lipinski definition) is 1. The summed E-state index contributed by atoms with van der Waals surface area (Å²) in [5, 5.41) is 3.12. The Balaban J connectivity index is 1.69. The van der Waals surface area contributed by atoms with Gasteiger partial charge < -0.3 is 10.2 Å². The molecular weight excluding hydrogens is 264 g/mol. The molecule has 2 aromatic heterocycles. The summed E-state index contributed by atoms with van der Waals surface area (Å²) in [7, 11) is 1.89. The quantitative estimate of drug-likeness (QED) is 0.923. The maximum absolute atomic E-state index is 4.47. The maximum atomic E-state index is 4.47. The first kappa shape index (κ1) is 13.7. The minimum atomic E-state index is 0.561. The average Bonchev–Trinajstić information content (AvgIpc) is 2.56. The molecule has 1 aliphatic heterocycles. The molecule has 0 aliphatic carbocycles. The molecule has 1 atom stereocenters. The van der Waals surface area contributed by atoms with Gasteiger partial charge in [0.15, 0.2) is 0 Å². The minimum Gasteiger partial charge on any atom is -0.372 e. The Bertz CT molecular complexity index is 573. The Labute approximate surface area is 124 Å². The van der Waals surface area contributed by atoms with Crippen molar-refractivity contribution in [2.75, 3.05) is 30.4 Å². The number of aromatic nitrogens is 4. The van der Waals surface area contributed by atoms with Crippen LogP contribution in [0.2, 0.25) is 0 Å². The van der Waals surface area contributed by atoms with E-state index < -0.39 is 0 Å². The Morgan fingerprint density at radius 3 is 2.76 bits per heavy atom. The molecule has 1 saturated heterocycles. The number of nitrogens with one attached hydrogen (secondary N) is 1. The Morgan fingerprint density at radius 2 is 1.95 bits per heavy atom. The summed E-state index contributed by atoms with van der Waals surface area (Å²) >= 11 is 0. The largest absolute Gasteiger partial charge is 0.372 e. The van der Waals surface area contributed by atoms with E-state index in [1.165, 1.54) is 6.42 Å². The molecule has 0 aromatic carbocycles. The summed E-state index contributed by atoms with van der Waals surface area (Å²) in [5.41, 5.74) is 1.04. The van der Waals surface area contributed by atoms with Gasteiger partial charge in [-0.15, -0.1) is 0 Å². The molecule has 1 fully saturated rings. The highest BCUT2D eigenvalue weighted by Gasteiger charge is 2.23. The monoisotopic (exact) mass is 284 g/mol. The van der Waals surface area contributed by atoms with Crippen LogP contribution in [-0.2, 0) is 6.42 Å². The predicted octanol–water partition coefficient (Wildman–Crippen LogP) is 1.77. The molecule has 1 N–H and O–H groups in total. The second kappa shape index (κ2) is 6.47. The lowest BCUT2D eigenvalue weighted by Crippen LogP contribution is -2.37. The summed E-state index contributed by atoms with van der Waals surface area (Å²) in [6, 6.07) is 1.85. The first-order valence-corrected chi connectivity index (χ1v) is 7.36. The lowest BCUT2D eigenvalue weighted by atomic mass is 9.93. The van der Waals surface area contributed by atoms with Crippen LogP contribution in [0.4, 0.5) is 11.8 Å². The zero-order valence-corrected chi connectivity index (χ0v) is 12.2. The summed E-state index contributed by atoms with van der Waals surface area (Å²) in [6.45, 7) is 2.00. The third-order valence-electron chi connectivity index (χ3n) is 3.85. The lowest BCUT2D eigenvalue weighted by molar-refractivity contribution is 0.406. The molecule has 110 valence electrons. The van der Waals surface area contributed by atoms with E-state index in [-0.39, 0.29) is 0 Å². The van der Waals surface area contributed by atoms with E-state index in [2.05, 4.69) is 30.2 Å². The van der Waals surface area contributed by atoms with Crippen LogP contribution in [0.5, 0.6) is 0 Å². The Morgan fingerprint density at radius 1 is 1.14 bits per heavy atom. The predicted molar refractivity (Wildman–Crippen MR) is 82.3 cm³/mol. The van der Waals surface area contributed by atoms with E-state index in [1.54, 1.807) is 24.8 Å². The Hall–Kier alpha value is -2.24. The molecule has 0 amide bonds. The standard InChI is InChI=1S/C15H20N6/c1-16-14-13(17-7-8-18-14)10-12-4-2-9-21(11-12)15-19-5-3-6-20-15/h3,5-8,12H,2,4,9-11H2,1H3,(H,16,18)/t12-/m1/s1. The van der Waals surface area contributed by atoms with E-state index in [1.807, 2.05) is 13.1 Å². The molecule has 0 radical (unpaired) electrons. The van der Waals surface area contributed by atoms with Crippen LogP contribution in [-0.4, -0.2) is 40.1 Å². The number of rotatable bonds is 4. The fourth-order valence-electron chi connectivity index (χ4n) is 2.87. The van der Waals surface area contributed by atoms with Crippen molar-refractivity contribution in [3.05, 3.63) is 36.5 Å². The molecular formula is C15H20N6. The zero-order valence-electron chi connectivity index (χ0n) is 12.2. The van der Waals surface area contributed by atoms with Crippen LogP contribution in [0.1, 0.15) is 18.5 Å². The summed E-state index contributed by atoms with van der Waals surface area (Å²) in [6.07, 6.45) is 10.4. The zero-order chi connectivity index (χ0) is 14.5.